The smallest absolute Gasteiger partial charge is 0.161 e. The Kier molecular flexibility index (Phi) is 4.18. The molecule has 2 rings (SSSR count). The number of fused-ring (bicyclic) bond motifs is 1. The van der Waals surface area contributed by atoms with E-state index in [1.165, 1.54) is 11.8 Å². The molecule has 0 saturated carbocycles. The Morgan fingerprint density at radius 3 is 2.61 bits per heavy atom. The SMILES string of the molecule is COC(C)[C@H]1O[C@@H]2SC(N(C)C)=N[C@@H]2C(O)[C@@H]1O. The molecule has 18 heavy (non-hydrogen) atoms. The zero-order valence-electron chi connectivity index (χ0n) is 11.0. The van der Waals surface area contributed by atoms with Crippen molar-refractivity contribution in [2.75, 3.05) is 21.2 Å². The molecule has 0 aromatic rings. The van der Waals surface area contributed by atoms with Crippen LogP contribution in [0.5, 0.6) is 0 Å². The van der Waals surface area contributed by atoms with Crippen molar-refractivity contribution >= 4 is 16.9 Å². The number of ether oxygens (including phenoxy) is 2. The average molecular weight is 276 g/mol. The summed E-state index contributed by atoms with van der Waals surface area (Å²) in [5.41, 5.74) is -0.261. The van der Waals surface area contributed by atoms with Crippen LogP contribution in [0.25, 0.3) is 0 Å². The minimum absolute atomic E-state index is 0.261. The van der Waals surface area contributed by atoms with Gasteiger partial charge in [-0.3, -0.25) is 4.99 Å². The standard InChI is InChI=1S/C11H20N2O4S/c1-5(16-4)9-8(15)7(14)6-10(17-9)18-11(12-6)13(2)3/h5-10,14-15H,1-4H3/t5?,6-,7?,8+,9-,10-/m1/s1. The second-order valence-electron chi connectivity index (χ2n) is 4.81. The van der Waals surface area contributed by atoms with Crippen molar-refractivity contribution in [3.05, 3.63) is 0 Å². The fourth-order valence-corrected chi connectivity index (χ4v) is 3.26. The first-order valence-corrected chi connectivity index (χ1v) is 6.80. The van der Waals surface area contributed by atoms with Gasteiger partial charge in [-0.1, -0.05) is 11.8 Å². The van der Waals surface area contributed by atoms with E-state index in [9.17, 15) is 10.2 Å². The molecule has 0 radical (unpaired) electrons. The molecule has 2 aliphatic rings. The van der Waals surface area contributed by atoms with Crippen molar-refractivity contribution in [3.8, 4) is 0 Å². The average Bonchev–Trinajstić information content (AvgIpc) is 2.77. The van der Waals surface area contributed by atoms with E-state index in [-0.39, 0.29) is 11.5 Å². The van der Waals surface area contributed by atoms with Gasteiger partial charge in [0.05, 0.1) is 6.10 Å². The third-order valence-electron chi connectivity index (χ3n) is 3.30. The number of methoxy groups -OCH3 is 1. The lowest BCUT2D eigenvalue weighted by Gasteiger charge is -2.40. The second kappa shape index (κ2) is 5.34. The van der Waals surface area contributed by atoms with Crippen LogP contribution < -0.4 is 0 Å². The van der Waals surface area contributed by atoms with Crippen molar-refractivity contribution in [2.45, 2.75) is 42.8 Å². The summed E-state index contributed by atoms with van der Waals surface area (Å²) >= 11 is 1.47. The van der Waals surface area contributed by atoms with Crippen LogP contribution in [0.1, 0.15) is 6.92 Å². The van der Waals surface area contributed by atoms with Gasteiger partial charge in [-0.15, -0.1) is 0 Å². The van der Waals surface area contributed by atoms with Crippen LogP contribution >= 0.6 is 11.8 Å². The molecule has 2 aliphatic heterocycles. The Balaban J connectivity index is 2.14. The maximum Gasteiger partial charge on any atom is 0.161 e. The van der Waals surface area contributed by atoms with Crippen molar-refractivity contribution in [2.24, 2.45) is 4.99 Å². The summed E-state index contributed by atoms with van der Waals surface area (Å²) in [5.74, 6) is 0. The molecule has 6 atom stereocenters. The summed E-state index contributed by atoms with van der Waals surface area (Å²) in [5, 5.41) is 21.0. The van der Waals surface area contributed by atoms with E-state index < -0.39 is 24.4 Å². The highest BCUT2D eigenvalue weighted by atomic mass is 32.2. The van der Waals surface area contributed by atoms with Crippen molar-refractivity contribution in [1.29, 1.82) is 0 Å². The third-order valence-corrected chi connectivity index (χ3v) is 4.61. The molecule has 0 amide bonds. The molecule has 2 unspecified atom stereocenters. The van der Waals surface area contributed by atoms with Crippen LogP contribution in [-0.2, 0) is 9.47 Å². The van der Waals surface area contributed by atoms with Crippen molar-refractivity contribution in [1.82, 2.24) is 4.90 Å². The van der Waals surface area contributed by atoms with Gasteiger partial charge in [-0.2, -0.15) is 0 Å². The van der Waals surface area contributed by atoms with E-state index >= 15 is 0 Å². The zero-order chi connectivity index (χ0) is 13.4. The first-order valence-electron chi connectivity index (χ1n) is 5.92. The zero-order valence-corrected chi connectivity index (χ0v) is 11.8. The lowest BCUT2D eigenvalue weighted by atomic mass is 9.95. The molecule has 0 aliphatic carbocycles. The predicted molar refractivity (Wildman–Crippen MR) is 69.6 cm³/mol. The number of hydrogen-bond acceptors (Lipinski definition) is 7. The first kappa shape index (κ1) is 14.1. The second-order valence-corrected chi connectivity index (χ2v) is 5.87. The lowest BCUT2D eigenvalue weighted by molar-refractivity contribution is -0.186. The lowest BCUT2D eigenvalue weighted by Crippen LogP contribution is -2.58. The van der Waals surface area contributed by atoms with Gasteiger partial charge in [-0.05, 0) is 6.92 Å². The maximum atomic E-state index is 10.1. The van der Waals surface area contributed by atoms with E-state index in [0.717, 1.165) is 5.17 Å². The summed E-state index contributed by atoms with van der Waals surface area (Å²) < 4.78 is 11.0. The van der Waals surface area contributed by atoms with E-state index in [1.807, 2.05) is 25.9 Å². The fourth-order valence-electron chi connectivity index (χ4n) is 2.11. The first-order chi connectivity index (χ1) is 8.45. The monoisotopic (exact) mass is 276 g/mol. The van der Waals surface area contributed by atoms with Crippen molar-refractivity contribution < 1.29 is 19.7 Å². The Bertz CT molecular complexity index is 339. The van der Waals surface area contributed by atoms with Gasteiger partial charge in [-0.25, -0.2) is 0 Å². The van der Waals surface area contributed by atoms with E-state index in [1.54, 1.807) is 7.11 Å². The number of aliphatic imine (C=N–C) groups is 1. The molecule has 1 fully saturated rings. The van der Waals surface area contributed by atoms with Gasteiger partial charge in [0, 0.05) is 21.2 Å². The highest BCUT2D eigenvalue weighted by Crippen LogP contribution is 2.37. The van der Waals surface area contributed by atoms with Crippen LogP contribution in [0.4, 0.5) is 0 Å². The normalized spacial score (nSPS) is 41.2. The minimum atomic E-state index is -0.980. The highest BCUT2D eigenvalue weighted by Gasteiger charge is 2.49. The molecule has 2 N–H and O–H groups in total. The number of aliphatic hydroxyl groups excluding tert-OH is 2. The van der Waals surface area contributed by atoms with E-state index in [4.69, 9.17) is 9.47 Å². The number of nitrogens with zero attached hydrogens (tertiary/aromatic N) is 2. The van der Waals surface area contributed by atoms with Crippen LogP contribution in [0.15, 0.2) is 4.99 Å². The quantitative estimate of drug-likeness (QED) is 0.708. The van der Waals surface area contributed by atoms with E-state index in [2.05, 4.69) is 4.99 Å². The Hall–Kier alpha value is -0.340. The molecule has 2 heterocycles. The molecule has 0 aromatic carbocycles. The van der Waals surface area contributed by atoms with Gasteiger partial charge in [0.25, 0.3) is 0 Å². The van der Waals surface area contributed by atoms with Crippen LogP contribution in [0.2, 0.25) is 0 Å². The van der Waals surface area contributed by atoms with Gasteiger partial charge in [0.1, 0.15) is 29.8 Å². The minimum Gasteiger partial charge on any atom is -0.388 e. The Morgan fingerprint density at radius 2 is 2.06 bits per heavy atom. The number of hydrogen-bond donors (Lipinski definition) is 2. The van der Waals surface area contributed by atoms with Crippen LogP contribution in [0, 0.1) is 0 Å². The van der Waals surface area contributed by atoms with Gasteiger partial charge in [0.2, 0.25) is 0 Å². The maximum absolute atomic E-state index is 10.1. The Morgan fingerprint density at radius 1 is 1.39 bits per heavy atom. The Labute approximate surface area is 111 Å². The molecular weight excluding hydrogens is 256 g/mol. The number of rotatable bonds is 2. The third kappa shape index (κ3) is 2.37. The number of thioether (sulfide) groups is 1. The van der Waals surface area contributed by atoms with E-state index in [0.29, 0.717) is 0 Å². The van der Waals surface area contributed by atoms with Gasteiger partial charge in [0.15, 0.2) is 5.17 Å². The largest absolute Gasteiger partial charge is 0.388 e. The summed E-state index contributed by atoms with van der Waals surface area (Å²) in [6, 6.07) is -0.414. The summed E-state index contributed by atoms with van der Waals surface area (Å²) in [4.78, 5) is 6.27. The molecular formula is C11H20N2O4S. The molecule has 6 nitrogen and oxygen atoms in total. The summed E-state index contributed by atoms with van der Waals surface area (Å²) in [7, 11) is 5.34. The molecule has 7 heteroatoms. The summed E-state index contributed by atoms with van der Waals surface area (Å²) in [6.07, 6.45) is -2.71. The van der Waals surface area contributed by atoms with Gasteiger partial charge < -0.3 is 24.6 Å². The predicted octanol–water partition coefficient (Wildman–Crippen LogP) is -0.499. The molecule has 0 spiro atoms. The highest BCUT2D eigenvalue weighted by molar-refractivity contribution is 8.14. The van der Waals surface area contributed by atoms with Gasteiger partial charge >= 0.3 is 0 Å². The van der Waals surface area contributed by atoms with Crippen LogP contribution in [0.3, 0.4) is 0 Å². The molecule has 1 saturated heterocycles. The van der Waals surface area contributed by atoms with Crippen molar-refractivity contribution in [3.63, 3.8) is 0 Å². The summed E-state index contributed by atoms with van der Waals surface area (Å²) in [6.45, 7) is 1.81. The number of amidine groups is 1. The molecule has 104 valence electrons. The number of aliphatic hydroxyl groups is 2. The molecule has 0 aromatic heterocycles. The van der Waals surface area contributed by atoms with Crippen LogP contribution in [-0.4, -0.2) is 77.4 Å². The topological polar surface area (TPSA) is 74.5 Å². The fraction of sp³-hybridized carbons (Fsp3) is 0.909. The molecule has 0 bridgehead atoms.